The number of para-hydroxylation sites is 1. The fourth-order valence-corrected chi connectivity index (χ4v) is 2.28. The van der Waals surface area contributed by atoms with E-state index < -0.39 is 18.0 Å². The topological polar surface area (TPSA) is 73.9 Å². The number of benzene rings is 2. The van der Waals surface area contributed by atoms with Gasteiger partial charge in [0.05, 0.1) is 19.9 Å². The van der Waals surface area contributed by atoms with Crippen molar-refractivity contribution in [3.63, 3.8) is 0 Å². The van der Waals surface area contributed by atoms with Crippen LogP contribution in [0.2, 0.25) is 5.02 Å². The van der Waals surface area contributed by atoms with Crippen molar-refractivity contribution >= 4 is 29.2 Å². The van der Waals surface area contributed by atoms with Crippen LogP contribution in [0.4, 0.5) is 5.69 Å². The first-order chi connectivity index (χ1) is 12.0. The van der Waals surface area contributed by atoms with E-state index in [1.54, 1.807) is 42.5 Å². The molecule has 0 radical (unpaired) electrons. The highest BCUT2D eigenvalue weighted by Crippen LogP contribution is 2.28. The van der Waals surface area contributed by atoms with E-state index in [1.807, 2.05) is 0 Å². The molecule has 25 heavy (non-hydrogen) atoms. The zero-order chi connectivity index (χ0) is 18.4. The van der Waals surface area contributed by atoms with Gasteiger partial charge in [-0.05, 0) is 37.3 Å². The summed E-state index contributed by atoms with van der Waals surface area (Å²) in [5.74, 6) is -0.348. The van der Waals surface area contributed by atoms with E-state index in [0.29, 0.717) is 22.2 Å². The van der Waals surface area contributed by atoms with Gasteiger partial charge in [-0.25, -0.2) is 4.79 Å². The van der Waals surface area contributed by atoms with Crippen molar-refractivity contribution in [2.75, 3.05) is 19.5 Å². The van der Waals surface area contributed by atoms with Gasteiger partial charge in [-0.15, -0.1) is 0 Å². The molecule has 1 atom stereocenters. The highest BCUT2D eigenvalue weighted by molar-refractivity contribution is 6.31. The molecule has 2 aromatic carbocycles. The summed E-state index contributed by atoms with van der Waals surface area (Å²) in [6, 6.07) is 11.4. The molecule has 0 unspecified atom stereocenters. The molecule has 1 N–H and O–H groups in total. The van der Waals surface area contributed by atoms with Gasteiger partial charge in [-0.1, -0.05) is 23.7 Å². The Labute approximate surface area is 150 Å². The van der Waals surface area contributed by atoms with Gasteiger partial charge in [0.25, 0.3) is 5.91 Å². The molecule has 0 heterocycles. The summed E-state index contributed by atoms with van der Waals surface area (Å²) in [6.45, 7) is 1.47. The Morgan fingerprint density at radius 3 is 2.40 bits per heavy atom. The molecule has 0 aromatic heterocycles. The number of esters is 1. The molecule has 0 saturated heterocycles. The average Bonchev–Trinajstić information content (AvgIpc) is 2.61. The van der Waals surface area contributed by atoms with E-state index in [4.69, 9.17) is 25.8 Å². The summed E-state index contributed by atoms with van der Waals surface area (Å²) in [5.41, 5.74) is 0.630. The van der Waals surface area contributed by atoms with Gasteiger partial charge in [-0.3, -0.25) is 4.79 Å². The number of halogens is 1. The number of amides is 1. The Balaban J connectivity index is 2.08. The van der Waals surface area contributed by atoms with Crippen molar-refractivity contribution in [3.8, 4) is 11.5 Å². The minimum absolute atomic E-state index is 0.241. The Kier molecular flexibility index (Phi) is 6.25. The molecule has 0 aliphatic heterocycles. The van der Waals surface area contributed by atoms with Crippen LogP contribution in [0.1, 0.15) is 17.3 Å². The number of hydrogen-bond acceptors (Lipinski definition) is 5. The van der Waals surface area contributed by atoms with Crippen LogP contribution in [0.15, 0.2) is 42.5 Å². The van der Waals surface area contributed by atoms with E-state index in [0.717, 1.165) is 0 Å². The van der Waals surface area contributed by atoms with E-state index in [-0.39, 0.29) is 5.56 Å². The lowest BCUT2D eigenvalue weighted by molar-refractivity contribution is -0.123. The third kappa shape index (κ3) is 4.64. The van der Waals surface area contributed by atoms with Crippen LogP contribution in [0.3, 0.4) is 0 Å². The summed E-state index contributed by atoms with van der Waals surface area (Å²) in [7, 11) is 2.93. The van der Waals surface area contributed by atoms with Crippen LogP contribution in [0.25, 0.3) is 0 Å². The molecule has 1 amide bonds. The quantitative estimate of drug-likeness (QED) is 0.794. The maximum atomic E-state index is 12.3. The minimum atomic E-state index is -1.03. The van der Waals surface area contributed by atoms with Crippen LogP contribution in [0, 0.1) is 0 Å². The molecule has 0 fully saturated rings. The van der Waals surface area contributed by atoms with Crippen LogP contribution < -0.4 is 14.8 Å². The second-order valence-electron chi connectivity index (χ2n) is 5.08. The summed E-state index contributed by atoms with van der Waals surface area (Å²) in [5, 5.41) is 3.07. The molecule has 0 aliphatic carbocycles. The largest absolute Gasteiger partial charge is 0.496 e. The first-order valence-corrected chi connectivity index (χ1v) is 7.82. The molecule has 0 bridgehead atoms. The summed E-state index contributed by atoms with van der Waals surface area (Å²) >= 11 is 5.93. The maximum Gasteiger partial charge on any atom is 0.342 e. The lowest BCUT2D eigenvalue weighted by atomic mass is 10.2. The van der Waals surface area contributed by atoms with Crippen molar-refractivity contribution in [1.29, 1.82) is 0 Å². The molecule has 6 nitrogen and oxygen atoms in total. The first-order valence-electron chi connectivity index (χ1n) is 7.44. The van der Waals surface area contributed by atoms with Crippen molar-refractivity contribution in [2.45, 2.75) is 13.0 Å². The zero-order valence-corrected chi connectivity index (χ0v) is 14.8. The van der Waals surface area contributed by atoms with Gasteiger partial charge in [0.1, 0.15) is 17.1 Å². The fraction of sp³-hybridized carbons (Fsp3) is 0.222. The lowest BCUT2D eigenvalue weighted by Crippen LogP contribution is -2.30. The molecule has 7 heteroatoms. The highest BCUT2D eigenvalue weighted by Gasteiger charge is 2.22. The number of nitrogens with one attached hydrogen (secondary N) is 1. The normalized spacial score (nSPS) is 11.4. The third-order valence-electron chi connectivity index (χ3n) is 3.40. The van der Waals surface area contributed by atoms with Gasteiger partial charge < -0.3 is 19.5 Å². The van der Waals surface area contributed by atoms with Crippen LogP contribution >= 0.6 is 11.6 Å². The second kappa shape index (κ2) is 8.39. The molecule has 0 aliphatic rings. The van der Waals surface area contributed by atoms with Crippen LogP contribution in [-0.4, -0.2) is 32.2 Å². The van der Waals surface area contributed by atoms with Gasteiger partial charge in [0.2, 0.25) is 0 Å². The Morgan fingerprint density at radius 2 is 1.72 bits per heavy atom. The number of methoxy groups -OCH3 is 2. The lowest BCUT2D eigenvalue weighted by Gasteiger charge is -2.16. The second-order valence-corrected chi connectivity index (χ2v) is 5.52. The highest BCUT2D eigenvalue weighted by atomic mass is 35.5. The molecular formula is C18H18ClNO5. The molecular weight excluding hydrogens is 346 g/mol. The van der Waals surface area contributed by atoms with Gasteiger partial charge in [-0.2, -0.15) is 0 Å². The monoisotopic (exact) mass is 363 g/mol. The molecule has 0 spiro atoms. The number of carbonyl (C=O) groups excluding carboxylic acids is 2. The predicted octanol–water partition coefficient (Wildman–Crippen LogP) is 3.54. The van der Waals surface area contributed by atoms with E-state index in [1.165, 1.54) is 21.1 Å². The Hall–Kier alpha value is -2.73. The Bertz CT molecular complexity index is 778. The predicted molar refractivity (Wildman–Crippen MR) is 94.5 cm³/mol. The smallest absolute Gasteiger partial charge is 0.342 e. The average molecular weight is 364 g/mol. The number of rotatable bonds is 6. The minimum Gasteiger partial charge on any atom is -0.496 e. The van der Waals surface area contributed by atoms with E-state index >= 15 is 0 Å². The van der Waals surface area contributed by atoms with Gasteiger partial charge >= 0.3 is 5.97 Å². The van der Waals surface area contributed by atoms with Crippen molar-refractivity contribution in [3.05, 3.63) is 53.1 Å². The van der Waals surface area contributed by atoms with Crippen molar-refractivity contribution < 1.29 is 23.8 Å². The van der Waals surface area contributed by atoms with Crippen molar-refractivity contribution in [1.82, 2.24) is 0 Å². The number of anilines is 1. The fourth-order valence-electron chi connectivity index (χ4n) is 2.10. The molecule has 2 rings (SSSR count). The van der Waals surface area contributed by atoms with Gasteiger partial charge in [0.15, 0.2) is 6.10 Å². The SMILES string of the molecule is COc1ccc(Cl)cc1NC(=O)[C@H](C)OC(=O)c1ccccc1OC. The third-order valence-corrected chi connectivity index (χ3v) is 3.63. The van der Waals surface area contributed by atoms with Crippen molar-refractivity contribution in [2.24, 2.45) is 0 Å². The summed E-state index contributed by atoms with van der Waals surface area (Å²) < 4.78 is 15.5. The zero-order valence-electron chi connectivity index (χ0n) is 14.0. The summed E-state index contributed by atoms with van der Waals surface area (Å²) in [6.07, 6.45) is -1.03. The Morgan fingerprint density at radius 1 is 1.04 bits per heavy atom. The molecule has 132 valence electrons. The summed E-state index contributed by atoms with van der Waals surface area (Å²) in [4.78, 5) is 24.5. The van der Waals surface area contributed by atoms with Crippen LogP contribution in [-0.2, 0) is 9.53 Å². The number of hydrogen-bond donors (Lipinski definition) is 1. The molecule has 0 saturated carbocycles. The van der Waals surface area contributed by atoms with Crippen LogP contribution in [0.5, 0.6) is 11.5 Å². The van der Waals surface area contributed by atoms with Gasteiger partial charge in [0, 0.05) is 5.02 Å². The van der Waals surface area contributed by atoms with E-state index in [9.17, 15) is 9.59 Å². The standard InChI is InChI=1S/C18H18ClNO5/c1-11(25-18(22)13-6-4-5-7-15(13)23-2)17(21)20-14-10-12(19)8-9-16(14)24-3/h4-11H,1-3H3,(H,20,21)/t11-/m0/s1. The first kappa shape index (κ1) is 18.6. The molecule has 2 aromatic rings. The maximum absolute atomic E-state index is 12.3. The number of ether oxygens (including phenoxy) is 3. The van der Waals surface area contributed by atoms with E-state index in [2.05, 4.69) is 5.32 Å². The number of carbonyl (C=O) groups is 2.